The van der Waals surface area contributed by atoms with Crippen LogP contribution in [0, 0.1) is 13.8 Å². The summed E-state index contributed by atoms with van der Waals surface area (Å²) < 4.78 is 10.3. The van der Waals surface area contributed by atoms with Gasteiger partial charge in [-0.05, 0) is 93.3 Å². The Balaban J connectivity index is 1.77. The van der Waals surface area contributed by atoms with E-state index in [1.165, 1.54) is 0 Å². The Labute approximate surface area is 241 Å². The smallest absolute Gasteiger partial charge is 0.305 e. The van der Waals surface area contributed by atoms with Gasteiger partial charge in [0.1, 0.15) is 5.75 Å². The molecule has 0 radical (unpaired) electrons. The molecule has 0 saturated heterocycles. The van der Waals surface area contributed by atoms with E-state index in [1.807, 2.05) is 44.2 Å². The van der Waals surface area contributed by atoms with Crippen molar-refractivity contribution in [1.82, 2.24) is 0 Å². The van der Waals surface area contributed by atoms with E-state index < -0.39 is 0 Å². The molecule has 0 aliphatic carbocycles. The second-order valence-electron chi connectivity index (χ2n) is 9.46. The number of aryl methyl sites for hydroxylation is 2. The van der Waals surface area contributed by atoms with Crippen LogP contribution in [0.4, 0.5) is 11.4 Å². The molecule has 0 heterocycles. The molecule has 7 nitrogen and oxygen atoms in total. The molecule has 3 aromatic carbocycles. The fourth-order valence-corrected chi connectivity index (χ4v) is 4.71. The summed E-state index contributed by atoms with van der Waals surface area (Å²) in [4.78, 5) is 42.4. The normalized spacial score (nSPS) is 10.6. The van der Waals surface area contributed by atoms with Crippen molar-refractivity contribution in [1.29, 1.82) is 0 Å². The highest BCUT2D eigenvalue weighted by Crippen LogP contribution is 2.27. The Hall–Kier alpha value is -3.84. The Bertz CT molecular complexity index is 1270. The molecular formula is C32H37ClN2O5. The number of amides is 2. The maximum absolute atomic E-state index is 13.6. The molecule has 0 N–H and O–H groups in total. The number of hydrogen-bond acceptors (Lipinski definition) is 5. The van der Waals surface area contributed by atoms with Crippen LogP contribution in [0.2, 0.25) is 5.02 Å². The number of nitrogens with zero attached hydrogens (tertiary/aromatic N) is 2. The summed E-state index contributed by atoms with van der Waals surface area (Å²) in [6.45, 7) is 6.79. The van der Waals surface area contributed by atoms with Gasteiger partial charge in [0.05, 0.1) is 13.7 Å². The van der Waals surface area contributed by atoms with Crippen molar-refractivity contribution < 1.29 is 23.9 Å². The van der Waals surface area contributed by atoms with Crippen LogP contribution in [0.1, 0.15) is 54.1 Å². The Morgan fingerprint density at radius 1 is 0.800 bits per heavy atom. The van der Waals surface area contributed by atoms with Crippen LogP contribution in [0.15, 0.2) is 66.7 Å². The van der Waals surface area contributed by atoms with Gasteiger partial charge in [-0.1, -0.05) is 29.8 Å². The second-order valence-corrected chi connectivity index (χ2v) is 9.90. The predicted octanol–water partition coefficient (Wildman–Crippen LogP) is 6.77. The van der Waals surface area contributed by atoms with Crippen molar-refractivity contribution in [3.8, 4) is 5.75 Å². The van der Waals surface area contributed by atoms with Crippen molar-refractivity contribution in [3.63, 3.8) is 0 Å². The van der Waals surface area contributed by atoms with Gasteiger partial charge in [-0.25, -0.2) is 0 Å². The summed E-state index contributed by atoms with van der Waals surface area (Å²) >= 11 is 6.03. The van der Waals surface area contributed by atoms with Gasteiger partial charge in [0.15, 0.2) is 0 Å². The van der Waals surface area contributed by atoms with Gasteiger partial charge in [-0.2, -0.15) is 0 Å². The van der Waals surface area contributed by atoms with Crippen molar-refractivity contribution in [2.75, 3.05) is 36.6 Å². The lowest BCUT2D eigenvalue weighted by Crippen LogP contribution is -2.35. The Kier molecular flexibility index (Phi) is 11.6. The molecule has 0 aliphatic rings. The average molecular weight is 565 g/mol. The van der Waals surface area contributed by atoms with Crippen LogP contribution in [-0.2, 0) is 14.3 Å². The first-order valence-corrected chi connectivity index (χ1v) is 13.9. The number of carbonyl (C=O) groups excluding carboxylic acids is 3. The largest absolute Gasteiger partial charge is 0.497 e. The van der Waals surface area contributed by atoms with Crippen molar-refractivity contribution in [2.45, 2.75) is 46.5 Å². The topological polar surface area (TPSA) is 76.2 Å². The third-order valence-corrected chi connectivity index (χ3v) is 6.82. The standard InChI is InChI=1S/C32H37ClN2O5/c1-5-40-30(37)12-8-22-35(31-23(2)9-6-10-24(31)3)29(36)11-7-21-34(27-17-19-28(39-4)20-18-27)32(38)25-13-15-26(33)16-14-25/h6,9-10,13-20H,5,7-8,11-12,21-22H2,1-4H3. The van der Waals surface area contributed by atoms with E-state index in [9.17, 15) is 14.4 Å². The molecule has 0 spiro atoms. The first-order valence-electron chi connectivity index (χ1n) is 13.5. The molecular weight excluding hydrogens is 528 g/mol. The van der Waals surface area contributed by atoms with Crippen LogP contribution in [0.25, 0.3) is 0 Å². The lowest BCUT2D eigenvalue weighted by molar-refractivity contribution is -0.143. The van der Waals surface area contributed by atoms with Gasteiger partial charge in [0, 0.05) is 47.9 Å². The van der Waals surface area contributed by atoms with E-state index in [0.29, 0.717) is 54.6 Å². The highest BCUT2D eigenvalue weighted by molar-refractivity contribution is 6.30. The van der Waals surface area contributed by atoms with Gasteiger partial charge in [0.25, 0.3) is 5.91 Å². The minimum Gasteiger partial charge on any atom is -0.497 e. The number of para-hydroxylation sites is 1. The van der Waals surface area contributed by atoms with Gasteiger partial charge >= 0.3 is 5.97 Å². The van der Waals surface area contributed by atoms with Crippen LogP contribution >= 0.6 is 11.6 Å². The molecule has 2 amide bonds. The molecule has 0 bridgehead atoms. The lowest BCUT2D eigenvalue weighted by atomic mass is 10.1. The maximum Gasteiger partial charge on any atom is 0.305 e. The zero-order chi connectivity index (χ0) is 29.1. The van der Waals surface area contributed by atoms with Crippen LogP contribution < -0.4 is 14.5 Å². The van der Waals surface area contributed by atoms with Gasteiger partial charge < -0.3 is 19.3 Å². The quantitative estimate of drug-likeness (QED) is 0.214. The molecule has 0 unspecified atom stereocenters. The fourth-order valence-electron chi connectivity index (χ4n) is 4.59. The zero-order valence-electron chi connectivity index (χ0n) is 23.6. The van der Waals surface area contributed by atoms with Crippen molar-refractivity contribution in [2.24, 2.45) is 0 Å². The average Bonchev–Trinajstić information content (AvgIpc) is 2.94. The van der Waals surface area contributed by atoms with Crippen molar-refractivity contribution >= 4 is 40.8 Å². The molecule has 212 valence electrons. The number of ether oxygens (including phenoxy) is 2. The molecule has 0 aromatic heterocycles. The van der Waals surface area contributed by atoms with E-state index >= 15 is 0 Å². The number of benzene rings is 3. The molecule has 0 fully saturated rings. The minimum absolute atomic E-state index is 0.0603. The molecule has 8 heteroatoms. The summed E-state index contributed by atoms with van der Waals surface area (Å²) in [5, 5.41) is 0.549. The number of esters is 1. The third kappa shape index (κ3) is 8.33. The van der Waals surface area contributed by atoms with Crippen LogP contribution in [0.5, 0.6) is 5.75 Å². The molecule has 0 saturated carbocycles. The molecule has 40 heavy (non-hydrogen) atoms. The number of methoxy groups -OCH3 is 1. The number of halogens is 1. The Morgan fingerprint density at radius 2 is 1.40 bits per heavy atom. The van der Waals surface area contributed by atoms with E-state index in [-0.39, 0.29) is 30.6 Å². The number of rotatable bonds is 13. The summed E-state index contributed by atoms with van der Waals surface area (Å²) in [6.07, 6.45) is 1.41. The molecule has 0 aliphatic heterocycles. The molecule has 0 atom stereocenters. The van der Waals surface area contributed by atoms with Gasteiger partial charge in [-0.3, -0.25) is 14.4 Å². The summed E-state index contributed by atoms with van der Waals surface area (Å²) in [5.74, 6) is 0.169. The maximum atomic E-state index is 13.6. The fraction of sp³-hybridized carbons (Fsp3) is 0.344. The first-order chi connectivity index (χ1) is 19.2. The first kappa shape index (κ1) is 30.7. The van der Waals surface area contributed by atoms with Crippen molar-refractivity contribution in [3.05, 3.63) is 88.4 Å². The minimum atomic E-state index is -0.271. The third-order valence-electron chi connectivity index (χ3n) is 6.57. The van der Waals surface area contributed by atoms with E-state index in [1.54, 1.807) is 60.2 Å². The summed E-state index contributed by atoms with van der Waals surface area (Å²) in [7, 11) is 1.59. The van der Waals surface area contributed by atoms with Gasteiger partial charge in [0.2, 0.25) is 5.91 Å². The summed E-state index contributed by atoms with van der Waals surface area (Å²) in [5.41, 5.74) is 4.04. The molecule has 3 rings (SSSR count). The number of anilines is 2. The second kappa shape index (κ2) is 15.1. The SMILES string of the molecule is CCOC(=O)CCCN(C(=O)CCCN(C(=O)c1ccc(Cl)cc1)c1ccc(OC)cc1)c1c(C)cccc1C. The van der Waals surface area contributed by atoms with Gasteiger partial charge in [-0.15, -0.1) is 0 Å². The van der Waals surface area contributed by atoms with Crippen LogP contribution in [-0.4, -0.2) is 44.6 Å². The zero-order valence-corrected chi connectivity index (χ0v) is 24.4. The highest BCUT2D eigenvalue weighted by Gasteiger charge is 2.22. The molecule has 3 aromatic rings. The monoisotopic (exact) mass is 564 g/mol. The predicted molar refractivity (Wildman–Crippen MR) is 159 cm³/mol. The lowest BCUT2D eigenvalue weighted by Gasteiger charge is -2.27. The van der Waals surface area contributed by atoms with E-state index in [2.05, 4.69) is 0 Å². The van der Waals surface area contributed by atoms with E-state index in [0.717, 1.165) is 16.8 Å². The number of carbonyl (C=O) groups is 3. The highest BCUT2D eigenvalue weighted by atomic mass is 35.5. The van der Waals surface area contributed by atoms with E-state index in [4.69, 9.17) is 21.1 Å². The summed E-state index contributed by atoms with van der Waals surface area (Å²) in [6, 6.07) is 19.9. The number of hydrogen-bond donors (Lipinski definition) is 0. The Morgan fingerprint density at radius 3 is 2.00 bits per heavy atom. The van der Waals surface area contributed by atoms with Crippen LogP contribution in [0.3, 0.4) is 0 Å².